The number of nitrogens with two attached hydrogens (primary N) is 1. The third-order valence-corrected chi connectivity index (χ3v) is 3.35. The Labute approximate surface area is 111 Å². The van der Waals surface area contributed by atoms with Crippen molar-refractivity contribution in [3.63, 3.8) is 0 Å². The first-order valence-electron chi connectivity index (χ1n) is 6.86. The molecule has 3 heteroatoms. The van der Waals surface area contributed by atoms with Gasteiger partial charge in [0.2, 0.25) is 0 Å². The molecule has 0 aliphatic carbocycles. The molecule has 0 aliphatic heterocycles. The third-order valence-electron chi connectivity index (χ3n) is 3.35. The van der Waals surface area contributed by atoms with Crippen LogP contribution in [0.2, 0.25) is 0 Å². The summed E-state index contributed by atoms with van der Waals surface area (Å²) in [5.41, 5.74) is 8.43. The Morgan fingerprint density at radius 3 is 2.39 bits per heavy atom. The lowest BCUT2D eigenvalue weighted by molar-refractivity contribution is 0.283. The second-order valence-corrected chi connectivity index (χ2v) is 4.81. The van der Waals surface area contributed by atoms with Gasteiger partial charge in [0.1, 0.15) is 0 Å². The van der Waals surface area contributed by atoms with E-state index in [9.17, 15) is 0 Å². The molecule has 102 valence electrons. The SMILES string of the molecule is CCC(N)c1ccc(N(C)CCCCCO)cc1. The zero-order valence-electron chi connectivity index (χ0n) is 11.6. The molecule has 1 unspecified atom stereocenters. The maximum Gasteiger partial charge on any atom is 0.0431 e. The van der Waals surface area contributed by atoms with Crippen molar-refractivity contribution in [2.24, 2.45) is 5.73 Å². The Bertz CT molecular complexity index is 324. The van der Waals surface area contributed by atoms with Crippen LogP contribution in [0, 0.1) is 0 Å². The van der Waals surface area contributed by atoms with Crippen molar-refractivity contribution in [1.82, 2.24) is 0 Å². The first kappa shape index (κ1) is 15.0. The topological polar surface area (TPSA) is 49.5 Å². The normalized spacial score (nSPS) is 12.4. The molecule has 1 atom stereocenters. The van der Waals surface area contributed by atoms with Crippen LogP contribution in [0.4, 0.5) is 5.69 Å². The zero-order chi connectivity index (χ0) is 13.4. The minimum Gasteiger partial charge on any atom is -0.396 e. The molecule has 0 amide bonds. The van der Waals surface area contributed by atoms with Crippen LogP contribution in [-0.2, 0) is 0 Å². The minimum absolute atomic E-state index is 0.147. The number of hydrogen-bond donors (Lipinski definition) is 2. The van der Waals surface area contributed by atoms with Gasteiger partial charge in [-0.25, -0.2) is 0 Å². The van der Waals surface area contributed by atoms with Crippen LogP contribution in [0.3, 0.4) is 0 Å². The molecule has 1 aromatic rings. The highest BCUT2D eigenvalue weighted by Crippen LogP contribution is 2.19. The lowest BCUT2D eigenvalue weighted by Gasteiger charge is -2.20. The molecule has 0 aromatic heterocycles. The summed E-state index contributed by atoms with van der Waals surface area (Å²) >= 11 is 0. The molecular weight excluding hydrogens is 224 g/mol. The number of nitrogens with zero attached hydrogens (tertiary/aromatic N) is 1. The summed E-state index contributed by atoms with van der Waals surface area (Å²) in [4.78, 5) is 2.25. The molecule has 1 aromatic carbocycles. The van der Waals surface area contributed by atoms with Crippen molar-refractivity contribution in [1.29, 1.82) is 0 Å². The highest BCUT2D eigenvalue weighted by Gasteiger charge is 2.04. The Morgan fingerprint density at radius 2 is 1.83 bits per heavy atom. The van der Waals surface area contributed by atoms with Crippen molar-refractivity contribution < 1.29 is 5.11 Å². The Balaban J connectivity index is 2.46. The summed E-state index contributed by atoms with van der Waals surface area (Å²) < 4.78 is 0. The third kappa shape index (κ3) is 4.67. The quantitative estimate of drug-likeness (QED) is 0.697. The van der Waals surface area contributed by atoms with Gasteiger partial charge in [-0.3, -0.25) is 0 Å². The number of anilines is 1. The van der Waals surface area contributed by atoms with Crippen molar-refractivity contribution in [3.05, 3.63) is 29.8 Å². The van der Waals surface area contributed by atoms with E-state index in [1.165, 1.54) is 11.3 Å². The van der Waals surface area contributed by atoms with E-state index in [2.05, 4.69) is 43.1 Å². The van der Waals surface area contributed by atoms with Gasteiger partial charge in [-0.05, 0) is 43.4 Å². The second kappa shape index (κ2) is 8.11. The van der Waals surface area contributed by atoms with E-state index in [0.717, 1.165) is 32.2 Å². The van der Waals surface area contributed by atoms with Gasteiger partial charge in [-0.2, -0.15) is 0 Å². The first-order valence-corrected chi connectivity index (χ1v) is 6.86. The molecule has 0 aliphatic rings. The van der Waals surface area contributed by atoms with Crippen molar-refractivity contribution in [2.45, 2.75) is 38.6 Å². The van der Waals surface area contributed by atoms with Gasteiger partial charge in [0.25, 0.3) is 0 Å². The van der Waals surface area contributed by atoms with Crippen LogP contribution in [0.25, 0.3) is 0 Å². The maximum atomic E-state index is 8.73. The Morgan fingerprint density at radius 1 is 1.17 bits per heavy atom. The molecular formula is C15H26N2O. The number of unbranched alkanes of at least 4 members (excludes halogenated alkanes) is 2. The summed E-state index contributed by atoms with van der Waals surface area (Å²) in [6.45, 7) is 3.43. The Kier molecular flexibility index (Phi) is 6.76. The van der Waals surface area contributed by atoms with Gasteiger partial charge in [0.15, 0.2) is 0 Å². The van der Waals surface area contributed by atoms with E-state index < -0.39 is 0 Å². The van der Waals surface area contributed by atoms with Crippen LogP contribution in [-0.4, -0.2) is 25.3 Å². The molecule has 18 heavy (non-hydrogen) atoms. The molecule has 0 saturated carbocycles. The predicted molar refractivity (Wildman–Crippen MR) is 77.9 cm³/mol. The Hall–Kier alpha value is -1.06. The predicted octanol–water partition coefficient (Wildman–Crippen LogP) is 2.70. The fraction of sp³-hybridized carbons (Fsp3) is 0.600. The zero-order valence-corrected chi connectivity index (χ0v) is 11.6. The van der Waals surface area contributed by atoms with Crippen molar-refractivity contribution in [3.8, 4) is 0 Å². The number of hydrogen-bond acceptors (Lipinski definition) is 3. The van der Waals surface area contributed by atoms with Crippen LogP contribution in [0.15, 0.2) is 24.3 Å². The second-order valence-electron chi connectivity index (χ2n) is 4.81. The molecule has 3 nitrogen and oxygen atoms in total. The largest absolute Gasteiger partial charge is 0.396 e. The van der Waals surface area contributed by atoms with Gasteiger partial charge in [-0.1, -0.05) is 19.1 Å². The van der Waals surface area contributed by atoms with E-state index in [1.54, 1.807) is 0 Å². The first-order chi connectivity index (χ1) is 8.69. The number of rotatable bonds is 8. The monoisotopic (exact) mass is 250 g/mol. The van der Waals surface area contributed by atoms with Gasteiger partial charge >= 0.3 is 0 Å². The lowest BCUT2D eigenvalue weighted by Crippen LogP contribution is -2.18. The average molecular weight is 250 g/mol. The standard InChI is InChI=1S/C15H26N2O/c1-3-15(16)13-7-9-14(10-8-13)17(2)11-5-4-6-12-18/h7-10,15,18H,3-6,11-12,16H2,1-2H3. The molecule has 1 rings (SSSR count). The highest BCUT2D eigenvalue weighted by atomic mass is 16.2. The van der Waals surface area contributed by atoms with Crippen molar-refractivity contribution >= 4 is 5.69 Å². The number of aliphatic hydroxyl groups is 1. The van der Waals surface area contributed by atoms with Crippen molar-refractivity contribution in [2.75, 3.05) is 25.1 Å². The molecule has 0 spiro atoms. The van der Waals surface area contributed by atoms with E-state index >= 15 is 0 Å². The van der Waals surface area contributed by atoms with Gasteiger partial charge < -0.3 is 15.7 Å². The van der Waals surface area contributed by atoms with Crippen LogP contribution >= 0.6 is 0 Å². The van der Waals surface area contributed by atoms with E-state index in [1.807, 2.05) is 0 Å². The molecule has 0 radical (unpaired) electrons. The maximum absolute atomic E-state index is 8.73. The van der Waals surface area contributed by atoms with Crippen LogP contribution in [0.1, 0.15) is 44.2 Å². The minimum atomic E-state index is 0.147. The number of aliphatic hydroxyl groups excluding tert-OH is 1. The summed E-state index contributed by atoms with van der Waals surface area (Å²) in [5.74, 6) is 0. The fourth-order valence-corrected chi connectivity index (χ4v) is 1.98. The highest BCUT2D eigenvalue weighted by molar-refractivity contribution is 5.47. The fourth-order valence-electron chi connectivity index (χ4n) is 1.98. The number of benzene rings is 1. The van der Waals surface area contributed by atoms with Gasteiger partial charge in [0, 0.05) is 31.9 Å². The molecule has 0 fully saturated rings. The van der Waals surface area contributed by atoms with Crippen LogP contribution in [0.5, 0.6) is 0 Å². The van der Waals surface area contributed by atoms with Crippen LogP contribution < -0.4 is 10.6 Å². The molecule has 0 heterocycles. The molecule has 3 N–H and O–H groups in total. The smallest absolute Gasteiger partial charge is 0.0431 e. The van der Waals surface area contributed by atoms with Gasteiger partial charge in [-0.15, -0.1) is 0 Å². The summed E-state index contributed by atoms with van der Waals surface area (Å²) in [6.07, 6.45) is 4.07. The summed E-state index contributed by atoms with van der Waals surface area (Å²) in [5, 5.41) is 8.73. The van der Waals surface area contributed by atoms with E-state index in [4.69, 9.17) is 10.8 Å². The summed E-state index contributed by atoms with van der Waals surface area (Å²) in [7, 11) is 2.10. The molecule has 0 bridgehead atoms. The lowest BCUT2D eigenvalue weighted by atomic mass is 10.1. The van der Waals surface area contributed by atoms with E-state index in [0.29, 0.717) is 6.61 Å². The average Bonchev–Trinajstić information content (AvgIpc) is 2.42. The van der Waals surface area contributed by atoms with Gasteiger partial charge in [0.05, 0.1) is 0 Å². The van der Waals surface area contributed by atoms with E-state index in [-0.39, 0.29) is 6.04 Å². The molecule has 0 saturated heterocycles. The summed E-state index contributed by atoms with van der Waals surface area (Å²) in [6, 6.07) is 8.66.